The first-order chi connectivity index (χ1) is 10.9. The topological polar surface area (TPSA) is 52.9 Å². The number of carboxylic acid groups (broad SMARTS) is 1. The van der Waals surface area contributed by atoms with Crippen molar-refractivity contribution >= 4 is 46.1 Å². The molecule has 0 aliphatic carbocycles. The molecular formula is C16H16Cl2N2O2S. The lowest BCUT2D eigenvalue weighted by Gasteiger charge is -2.41. The number of fused-ring (bicyclic) bond motifs is 1. The van der Waals surface area contributed by atoms with Crippen molar-refractivity contribution in [1.29, 1.82) is 0 Å². The Morgan fingerprint density at radius 3 is 2.78 bits per heavy atom. The van der Waals surface area contributed by atoms with Gasteiger partial charge < -0.3 is 10.0 Å². The van der Waals surface area contributed by atoms with Gasteiger partial charge in [-0.15, -0.1) is 0 Å². The minimum atomic E-state index is -0.954. The molecule has 1 aromatic rings. The maximum absolute atomic E-state index is 11.8. The highest BCUT2D eigenvalue weighted by Crippen LogP contribution is 2.42. The quantitative estimate of drug-likeness (QED) is 0.826. The number of amidine groups is 1. The van der Waals surface area contributed by atoms with Crippen molar-refractivity contribution in [2.24, 2.45) is 4.99 Å². The van der Waals surface area contributed by atoms with E-state index in [4.69, 9.17) is 23.2 Å². The number of carbonyl (C=O) groups is 1. The lowest BCUT2D eigenvalue weighted by Crippen LogP contribution is -2.43. The first-order valence-corrected chi connectivity index (χ1v) is 8.93. The zero-order valence-electron chi connectivity index (χ0n) is 12.7. The second-order valence-electron chi connectivity index (χ2n) is 5.69. The second kappa shape index (κ2) is 6.38. The Morgan fingerprint density at radius 2 is 2.13 bits per heavy atom. The molecule has 0 spiro atoms. The number of nitrogens with zero attached hydrogens (tertiary/aromatic N) is 2. The van der Waals surface area contributed by atoms with E-state index in [9.17, 15) is 9.90 Å². The molecule has 0 amide bonds. The highest BCUT2D eigenvalue weighted by atomic mass is 35.5. The molecule has 0 aromatic heterocycles. The van der Waals surface area contributed by atoms with Gasteiger partial charge in [-0.1, -0.05) is 48.0 Å². The van der Waals surface area contributed by atoms with Gasteiger partial charge in [0.05, 0.1) is 27.4 Å². The molecular weight excluding hydrogens is 355 g/mol. The zero-order chi connectivity index (χ0) is 16.7. The van der Waals surface area contributed by atoms with Gasteiger partial charge in [-0.2, -0.15) is 0 Å². The van der Waals surface area contributed by atoms with E-state index in [0.29, 0.717) is 26.6 Å². The fourth-order valence-electron chi connectivity index (χ4n) is 2.91. The summed E-state index contributed by atoms with van der Waals surface area (Å²) in [6, 6.07) is 4.89. The van der Waals surface area contributed by atoms with Crippen LogP contribution in [0.2, 0.25) is 10.0 Å². The molecule has 2 atom stereocenters. The third-order valence-corrected chi connectivity index (χ3v) is 5.97. The summed E-state index contributed by atoms with van der Waals surface area (Å²) in [4.78, 5) is 18.4. The van der Waals surface area contributed by atoms with Gasteiger partial charge in [0.25, 0.3) is 0 Å². The predicted octanol–water partition coefficient (Wildman–Crippen LogP) is 4.59. The van der Waals surface area contributed by atoms with Crippen molar-refractivity contribution in [1.82, 2.24) is 4.90 Å². The van der Waals surface area contributed by atoms with E-state index < -0.39 is 12.0 Å². The zero-order valence-corrected chi connectivity index (χ0v) is 15.0. The van der Waals surface area contributed by atoms with Crippen LogP contribution < -0.4 is 0 Å². The van der Waals surface area contributed by atoms with E-state index >= 15 is 0 Å². The summed E-state index contributed by atoms with van der Waals surface area (Å²) in [5.74, 6) is -0.954. The van der Waals surface area contributed by atoms with Crippen molar-refractivity contribution in [2.45, 2.75) is 31.6 Å². The van der Waals surface area contributed by atoms with Gasteiger partial charge in [0, 0.05) is 11.8 Å². The van der Waals surface area contributed by atoms with E-state index in [1.807, 2.05) is 6.07 Å². The molecule has 1 N–H and O–H groups in total. The molecule has 2 aliphatic rings. The van der Waals surface area contributed by atoms with Crippen molar-refractivity contribution in [3.63, 3.8) is 0 Å². The van der Waals surface area contributed by atoms with Gasteiger partial charge in [-0.3, -0.25) is 0 Å². The highest BCUT2D eigenvalue weighted by Gasteiger charge is 2.38. The van der Waals surface area contributed by atoms with Crippen LogP contribution in [0.3, 0.4) is 0 Å². The van der Waals surface area contributed by atoms with Crippen molar-refractivity contribution < 1.29 is 9.90 Å². The minimum Gasteiger partial charge on any atom is -0.478 e. The summed E-state index contributed by atoms with van der Waals surface area (Å²) in [5.41, 5.74) is 1.66. The van der Waals surface area contributed by atoms with Crippen molar-refractivity contribution in [3.8, 4) is 0 Å². The fourth-order valence-corrected chi connectivity index (χ4v) is 4.32. The van der Waals surface area contributed by atoms with Crippen LogP contribution in [-0.4, -0.2) is 32.9 Å². The van der Waals surface area contributed by atoms with Crippen LogP contribution in [0.15, 0.2) is 34.5 Å². The summed E-state index contributed by atoms with van der Waals surface area (Å²) in [6.07, 6.45) is 0.980. The SMILES string of the molecule is CC1=C(C(=O)O)C(c2ccc(Cl)c(Cl)c2)N2CCC(C)SC2=N1. The third-order valence-electron chi connectivity index (χ3n) is 4.06. The number of allylic oxidation sites excluding steroid dienone is 1. The molecule has 2 unspecified atom stereocenters. The number of hydrogen-bond donors (Lipinski definition) is 1. The largest absolute Gasteiger partial charge is 0.478 e. The molecule has 1 fully saturated rings. The number of rotatable bonds is 2. The third kappa shape index (κ3) is 3.10. The van der Waals surface area contributed by atoms with Gasteiger partial charge in [-0.05, 0) is 31.0 Å². The first kappa shape index (κ1) is 16.7. The van der Waals surface area contributed by atoms with Gasteiger partial charge in [0.1, 0.15) is 0 Å². The number of thioether (sulfide) groups is 1. The van der Waals surface area contributed by atoms with E-state index in [-0.39, 0.29) is 0 Å². The van der Waals surface area contributed by atoms with Crippen LogP contribution >= 0.6 is 35.0 Å². The standard InChI is InChI=1S/C16H16Cl2N2O2S/c1-8-5-6-20-14(10-3-4-11(17)12(18)7-10)13(15(21)22)9(2)19-16(20)23-8/h3-4,7-8,14H,5-6H2,1-2H3,(H,21,22). The van der Waals surface area contributed by atoms with Crippen LogP contribution in [0.5, 0.6) is 0 Å². The van der Waals surface area contributed by atoms with Crippen molar-refractivity contribution in [2.75, 3.05) is 6.54 Å². The second-order valence-corrected chi connectivity index (χ2v) is 7.91. The summed E-state index contributed by atoms with van der Waals surface area (Å²) >= 11 is 13.8. The molecule has 1 aromatic carbocycles. The normalized spacial score (nSPS) is 24.3. The molecule has 0 saturated carbocycles. The summed E-state index contributed by atoms with van der Waals surface area (Å²) in [6.45, 7) is 4.67. The molecule has 23 heavy (non-hydrogen) atoms. The lowest BCUT2D eigenvalue weighted by molar-refractivity contribution is -0.133. The number of aliphatic carboxylic acids is 1. The van der Waals surface area contributed by atoms with Crippen LogP contribution in [0.4, 0.5) is 0 Å². The maximum Gasteiger partial charge on any atom is 0.335 e. The molecule has 2 aliphatic heterocycles. The van der Waals surface area contributed by atoms with Crippen molar-refractivity contribution in [3.05, 3.63) is 45.1 Å². The number of aliphatic imine (C=N–C) groups is 1. The van der Waals surface area contributed by atoms with E-state index in [0.717, 1.165) is 23.7 Å². The fraction of sp³-hybridized carbons (Fsp3) is 0.375. The number of benzene rings is 1. The Balaban J connectivity index is 2.12. The van der Waals surface area contributed by atoms with Gasteiger partial charge >= 0.3 is 5.97 Å². The first-order valence-electron chi connectivity index (χ1n) is 7.29. The Labute approximate surface area is 149 Å². The Bertz CT molecular complexity index is 733. The average molecular weight is 371 g/mol. The van der Waals surface area contributed by atoms with Gasteiger partial charge in [-0.25, -0.2) is 9.79 Å². The average Bonchev–Trinajstić information content (AvgIpc) is 2.48. The summed E-state index contributed by atoms with van der Waals surface area (Å²) < 4.78 is 0. The van der Waals surface area contributed by atoms with Crippen LogP contribution in [0.1, 0.15) is 31.9 Å². The molecule has 0 radical (unpaired) electrons. The smallest absolute Gasteiger partial charge is 0.335 e. The monoisotopic (exact) mass is 370 g/mol. The van der Waals surface area contributed by atoms with Crippen LogP contribution in [-0.2, 0) is 4.79 Å². The summed E-state index contributed by atoms with van der Waals surface area (Å²) in [7, 11) is 0. The van der Waals surface area contributed by atoms with E-state index in [2.05, 4.69) is 16.8 Å². The lowest BCUT2D eigenvalue weighted by atomic mass is 9.94. The number of halogens is 2. The van der Waals surface area contributed by atoms with Crippen LogP contribution in [0, 0.1) is 0 Å². The molecule has 1 saturated heterocycles. The molecule has 2 heterocycles. The molecule has 0 bridgehead atoms. The predicted molar refractivity (Wildman–Crippen MR) is 95.3 cm³/mol. The molecule has 4 nitrogen and oxygen atoms in total. The maximum atomic E-state index is 11.8. The minimum absolute atomic E-state index is 0.294. The Morgan fingerprint density at radius 1 is 1.39 bits per heavy atom. The van der Waals surface area contributed by atoms with E-state index in [1.54, 1.807) is 30.8 Å². The van der Waals surface area contributed by atoms with Gasteiger partial charge in [0.15, 0.2) is 5.17 Å². The molecule has 122 valence electrons. The molecule has 7 heteroatoms. The molecule has 3 rings (SSSR count). The van der Waals surface area contributed by atoms with E-state index in [1.165, 1.54) is 0 Å². The highest BCUT2D eigenvalue weighted by molar-refractivity contribution is 8.14. The van der Waals surface area contributed by atoms with Gasteiger partial charge in [0.2, 0.25) is 0 Å². The summed E-state index contributed by atoms with van der Waals surface area (Å²) in [5, 5.41) is 11.9. The number of carboxylic acids is 1. The Hall–Kier alpha value is -1.17. The Kier molecular flexibility index (Phi) is 4.63. The van der Waals surface area contributed by atoms with Crippen LogP contribution in [0.25, 0.3) is 0 Å². The number of hydrogen-bond acceptors (Lipinski definition) is 4.